The molecule has 1 saturated heterocycles. The number of hydrogen-bond acceptors (Lipinski definition) is 5. The van der Waals surface area contributed by atoms with E-state index in [1.807, 2.05) is 13.8 Å². The van der Waals surface area contributed by atoms with Gasteiger partial charge < -0.3 is 9.47 Å². The van der Waals surface area contributed by atoms with Crippen molar-refractivity contribution in [2.24, 2.45) is 0 Å². The minimum absolute atomic E-state index is 0.162. The summed E-state index contributed by atoms with van der Waals surface area (Å²) in [6.45, 7) is 10.2. The average Bonchev–Trinajstić information content (AvgIpc) is 2.41. The molecule has 0 amide bonds. The highest BCUT2D eigenvalue weighted by molar-refractivity contribution is 5.83. The van der Waals surface area contributed by atoms with E-state index in [9.17, 15) is 9.59 Å². The van der Waals surface area contributed by atoms with E-state index in [0.717, 1.165) is 12.8 Å². The van der Waals surface area contributed by atoms with Crippen molar-refractivity contribution in [2.45, 2.75) is 77.5 Å². The number of cyclic esters (lactones) is 1. The number of unbranched alkanes of at least 4 members (excludes halogenated alkanes) is 1. The molecule has 2 unspecified atom stereocenters. The Morgan fingerprint density at radius 3 is 2.57 bits per heavy atom. The summed E-state index contributed by atoms with van der Waals surface area (Å²) in [5.74, 6) is -0.0962. The number of carbonyl (C=O) groups excluding carboxylic acids is 2. The molecule has 0 aromatic heterocycles. The van der Waals surface area contributed by atoms with Gasteiger partial charge in [0.2, 0.25) is 0 Å². The number of ether oxygens (including phenoxy) is 2. The van der Waals surface area contributed by atoms with Gasteiger partial charge in [-0.3, -0.25) is 14.9 Å². The van der Waals surface area contributed by atoms with Gasteiger partial charge in [0.1, 0.15) is 18.2 Å². The summed E-state index contributed by atoms with van der Waals surface area (Å²) < 4.78 is 11.1. The number of morpholine rings is 1. The van der Waals surface area contributed by atoms with Gasteiger partial charge in [-0.15, -0.1) is 0 Å². The summed E-state index contributed by atoms with van der Waals surface area (Å²) in [7, 11) is 0. The van der Waals surface area contributed by atoms with Crippen LogP contribution in [0.5, 0.6) is 0 Å². The predicted molar refractivity (Wildman–Crippen MR) is 81.1 cm³/mol. The molecule has 1 aliphatic heterocycles. The summed E-state index contributed by atoms with van der Waals surface area (Å²) in [6, 6.07) is 0. The lowest BCUT2D eigenvalue weighted by Crippen LogP contribution is -2.66. The zero-order valence-corrected chi connectivity index (χ0v) is 14.0. The van der Waals surface area contributed by atoms with Gasteiger partial charge in [-0.1, -0.05) is 20.3 Å². The standard InChI is InChI=1S/C16H29NO4/c1-6-8-9-12(18)13(7-2)20-10-16(5)11-21-14(19)15(3,4)17-16/h13,17H,6-11H2,1-5H3. The minimum Gasteiger partial charge on any atom is -0.462 e. The minimum atomic E-state index is -0.732. The van der Waals surface area contributed by atoms with Crippen LogP contribution >= 0.6 is 0 Å². The number of hydrogen-bond donors (Lipinski definition) is 1. The maximum atomic E-state index is 12.1. The van der Waals surface area contributed by atoms with Crippen molar-refractivity contribution in [3.63, 3.8) is 0 Å². The molecule has 122 valence electrons. The van der Waals surface area contributed by atoms with E-state index in [1.165, 1.54) is 0 Å². The molecule has 0 radical (unpaired) electrons. The molecule has 5 heteroatoms. The molecule has 21 heavy (non-hydrogen) atoms. The zero-order chi connectivity index (χ0) is 16.1. The van der Waals surface area contributed by atoms with Gasteiger partial charge in [-0.2, -0.15) is 0 Å². The van der Waals surface area contributed by atoms with Crippen LogP contribution in [0.15, 0.2) is 0 Å². The molecule has 0 spiro atoms. The maximum Gasteiger partial charge on any atom is 0.325 e. The van der Waals surface area contributed by atoms with Crippen molar-refractivity contribution in [1.82, 2.24) is 5.32 Å². The molecule has 1 aliphatic rings. The smallest absolute Gasteiger partial charge is 0.325 e. The molecule has 0 aliphatic carbocycles. The van der Waals surface area contributed by atoms with Gasteiger partial charge in [0.25, 0.3) is 0 Å². The Labute approximate surface area is 127 Å². The predicted octanol–water partition coefficient (Wildman–Crippen LogP) is 2.22. The monoisotopic (exact) mass is 299 g/mol. The van der Waals surface area contributed by atoms with Crippen molar-refractivity contribution in [3.05, 3.63) is 0 Å². The van der Waals surface area contributed by atoms with Crippen LogP contribution in [0.3, 0.4) is 0 Å². The Hall–Kier alpha value is -0.940. The van der Waals surface area contributed by atoms with Crippen LogP contribution in [0, 0.1) is 0 Å². The fourth-order valence-corrected chi connectivity index (χ4v) is 2.56. The zero-order valence-electron chi connectivity index (χ0n) is 14.0. The van der Waals surface area contributed by atoms with E-state index in [-0.39, 0.29) is 24.5 Å². The molecule has 1 rings (SSSR count). The molecule has 0 aromatic rings. The molecule has 5 nitrogen and oxygen atoms in total. The van der Waals surface area contributed by atoms with Gasteiger partial charge >= 0.3 is 5.97 Å². The van der Waals surface area contributed by atoms with Crippen molar-refractivity contribution in [3.8, 4) is 0 Å². The average molecular weight is 299 g/mol. The first-order valence-electron chi connectivity index (χ1n) is 7.85. The van der Waals surface area contributed by atoms with Crippen molar-refractivity contribution < 1.29 is 19.1 Å². The fraction of sp³-hybridized carbons (Fsp3) is 0.875. The van der Waals surface area contributed by atoms with Crippen LogP contribution in [0.25, 0.3) is 0 Å². The van der Waals surface area contributed by atoms with E-state index in [0.29, 0.717) is 19.4 Å². The largest absolute Gasteiger partial charge is 0.462 e. The Morgan fingerprint density at radius 1 is 1.38 bits per heavy atom. The molecule has 2 atom stereocenters. The summed E-state index contributed by atoms with van der Waals surface area (Å²) in [4.78, 5) is 23.7. The van der Waals surface area contributed by atoms with Crippen LogP contribution in [-0.4, -0.2) is 42.1 Å². The number of carbonyl (C=O) groups is 2. The summed E-state index contributed by atoms with van der Waals surface area (Å²) in [5.41, 5.74) is -1.19. The molecular weight excluding hydrogens is 270 g/mol. The molecule has 0 saturated carbocycles. The van der Waals surface area contributed by atoms with E-state index in [2.05, 4.69) is 12.2 Å². The molecule has 0 bridgehead atoms. The molecule has 1 N–H and O–H groups in total. The highest BCUT2D eigenvalue weighted by Gasteiger charge is 2.43. The first kappa shape index (κ1) is 18.1. The van der Waals surface area contributed by atoms with Crippen LogP contribution in [0.4, 0.5) is 0 Å². The van der Waals surface area contributed by atoms with E-state index >= 15 is 0 Å². The summed E-state index contributed by atoms with van der Waals surface area (Å²) >= 11 is 0. The summed E-state index contributed by atoms with van der Waals surface area (Å²) in [5, 5.41) is 3.27. The third-order valence-corrected chi connectivity index (χ3v) is 3.76. The van der Waals surface area contributed by atoms with Crippen LogP contribution in [-0.2, 0) is 19.1 Å². The molecule has 0 aromatic carbocycles. The third-order valence-electron chi connectivity index (χ3n) is 3.76. The van der Waals surface area contributed by atoms with Gasteiger partial charge in [0.15, 0.2) is 5.78 Å². The quantitative estimate of drug-likeness (QED) is 0.696. The van der Waals surface area contributed by atoms with E-state index in [4.69, 9.17) is 9.47 Å². The Kier molecular flexibility index (Phi) is 6.35. The number of nitrogens with one attached hydrogen (secondary N) is 1. The summed E-state index contributed by atoms with van der Waals surface area (Å²) in [6.07, 6.45) is 2.78. The van der Waals surface area contributed by atoms with Crippen molar-refractivity contribution >= 4 is 11.8 Å². The SMILES string of the molecule is CCCCC(=O)C(CC)OCC1(C)COC(=O)C(C)(C)N1. The number of Topliss-reactive ketones (excluding diaryl/α,β-unsaturated/α-hetero) is 1. The highest BCUT2D eigenvalue weighted by Crippen LogP contribution is 2.21. The Bertz CT molecular complexity index is 380. The molecular formula is C16H29NO4. The topological polar surface area (TPSA) is 64.6 Å². The van der Waals surface area contributed by atoms with Gasteiger partial charge in [0, 0.05) is 6.42 Å². The molecule has 1 fully saturated rings. The molecule has 1 heterocycles. The highest BCUT2D eigenvalue weighted by atomic mass is 16.5. The van der Waals surface area contributed by atoms with Gasteiger partial charge in [-0.05, 0) is 33.6 Å². The normalized spacial score (nSPS) is 26.2. The lowest BCUT2D eigenvalue weighted by atomic mass is 9.94. The van der Waals surface area contributed by atoms with Crippen LogP contribution in [0.1, 0.15) is 60.3 Å². The van der Waals surface area contributed by atoms with Crippen molar-refractivity contribution in [2.75, 3.05) is 13.2 Å². The van der Waals surface area contributed by atoms with Crippen molar-refractivity contribution in [1.29, 1.82) is 0 Å². The first-order valence-corrected chi connectivity index (χ1v) is 7.85. The Balaban J connectivity index is 2.55. The fourth-order valence-electron chi connectivity index (χ4n) is 2.56. The second kappa shape index (κ2) is 7.36. The second-order valence-corrected chi connectivity index (χ2v) is 6.66. The third kappa shape index (κ3) is 5.08. The van der Waals surface area contributed by atoms with E-state index < -0.39 is 11.1 Å². The van der Waals surface area contributed by atoms with Gasteiger partial charge in [-0.25, -0.2) is 0 Å². The van der Waals surface area contributed by atoms with Crippen LogP contribution < -0.4 is 5.32 Å². The lowest BCUT2D eigenvalue weighted by molar-refractivity contribution is -0.165. The second-order valence-electron chi connectivity index (χ2n) is 6.66. The lowest BCUT2D eigenvalue weighted by Gasteiger charge is -2.42. The van der Waals surface area contributed by atoms with Crippen LogP contribution in [0.2, 0.25) is 0 Å². The van der Waals surface area contributed by atoms with Gasteiger partial charge in [0.05, 0.1) is 12.1 Å². The van der Waals surface area contributed by atoms with E-state index in [1.54, 1.807) is 13.8 Å². The number of rotatable bonds is 8. The number of esters is 1. The number of ketones is 1. The Morgan fingerprint density at radius 2 is 2.05 bits per heavy atom. The maximum absolute atomic E-state index is 12.1. The first-order chi connectivity index (χ1) is 9.74.